The van der Waals surface area contributed by atoms with E-state index in [1.165, 1.54) is 0 Å². The van der Waals surface area contributed by atoms with Gasteiger partial charge in [0.05, 0.1) is 0 Å². The Bertz CT molecular complexity index is 318. The molecule has 19 heavy (non-hydrogen) atoms. The van der Waals surface area contributed by atoms with Crippen molar-refractivity contribution in [3.8, 4) is 0 Å². The number of piperazine rings is 1. The van der Waals surface area contributed by atoms with Gasteiger partial charge in [0, 0.05) is 44.8 Å². The van der Waals surface area contributed by atoms with E-state index in [1.54, 1.807) is 0 Å². The molecule has 0 aromatic carbocycles. The number of halogens is 1. The van der Waals surface area contributed by atoms with E-state index in [0.29, 0.717) is 5.54 Å². The Hall–Kier alpha value is -0.520. The molecule has 0 aromatic rings. The molecule has 0 bridgehead atoms. The van der Waals surface area contributed by atoms with Crippen LogP contribution in [0.15, 0.2) is 0 Å². The minimum absolute atomic E-state index is 0. The second kappa shape index (κ2) is 5.85. The largest absolute Gasteiger partial charge is 0.444 e. The number of amides is 1. The van der Waals surface area contributed by atoms with Crippen LogP contribution >= 0.6 is 12.4 Å². The third-order valence-corrected chi connectivity index (χ3v) is 3.71. The van der Waals surface area contributed by atoms with Gasteiger partial charge in [-0.25, -0.2) is 4.79 Å². The van der Waals surface area contributed by atoms with Gasteiger partial charge < -0.3 is 15.0 Å². The first kappa shape index (κ1) is 16.5. The highest BCUT2D eigenvalue weighted by Crippen LogP contribution is 2.22. The maximum absolute atomic E-state index is 11.9. The van der Waals surface area contributed by atoms with E-state index in [9.17, 15) is 4.79 Å². The molecule has 0 radical (unpaired) electrons. The van der Waals surface area contributed by atoms with Crippen molar-refractivity contribution >= 4 is 18.5 Å². The van der Waals surface area contributed by atoms with Crippen molar-refractivity contribution in [3.63, 3.8) is 0 Å². The Labute approximate surface area is 122 Å². The number of carbonyl (C=O) groups is 1. The van der Waals surface area contributed by atoms with Crippen LogP contribution in [0.3, 0.4) is 0 Å². The molecule has 2 saturated heterocycles. The summed E-state index contributed by atoms with van der Waals surface area (Å²) in [7, 11) is 0. The van der Waals surface area contributed by atoms with E-state index in [-0.39, 0.29) is 18.5 Å². The summed E-state index contributed by atoms with van der Waals surface area (Å²) in [6.07, 6.45) is -0.181. The zero-order valence-corrected chi connectivity index (χ0v) is 13.2. The van der Waals surface area contributed by atoms with Gasteiger partial charge in [0.25, 0.3) is 0 Å². The second-order valence-corrected chi connectivity index (χ2v) is 6.55. The van der Waals surface area contributed by atoms with Crippen molar-refractivity contribution in [2.24, 2.45) is 0 Å². The van der Waals surface area contributed by atoms with Crippen LogP contribution in [0.4, 0.5) is 4.79 Å². The highest BCUT2D eigenvalue weighted by molar-refractivity contribution is 5.85. The fourth-order valence-electron chi connectivity index (χ4n) is 2.47. The predicted octanol–water partition coefficient (Wildman–Crippen LogP) is 1.32. The number of hydrogen-bond acceptors (Lipinski definition) is 4. The van der Waals surface area contributed by atoms with Crippen LogP contribution < -0.4 is 5.32 Å². The molecule has 1 amide bonds. The summed E-state index contributed by atoms with van der Waals surface area (Å²) in [5.74, 6) is 0. The summed E-state index contributed by atoms with van der Waals surface area (Å²) in [4.78, 5) is 16.2. The smallest absolute Gasteiger partial charge is 0.410 e. The average Bonchev–Trinajstić information content (AvgIpc) is 2.24. The lowest BCUT2D eigenvalue weighted by atomic mass is 9.92. The number of rotatable bonds is 1. The zero-order valence-electron chi connectivity index (χ0n) is 12.4. The number of hydrogen-bond donors (Lipinski definition) is 1. The van der Waals surface area contributed by atoms with Gasteiger partial charge in [-0.2, -0.15) is 0 Å². The lowest BCUT2D eigenvalue weighted by Gasteiger charge is -2.51. The van der Waals surface area contributed by atoms with E-state index in [2.05, 4.69) is 17.1 Å². The van der Waals surface area contributed by atoms with Gasteiger partial charge in [-0.3, -0.25) is 4.90 Å². The molecule has 2 heterocycles. The molecule has 0 aliphatic carbocycles. The number of nitrogens with zero attached hydrogens (tertiary/aromatic N) is 2. The van der Waals surface area contributed by atoms with Crippen molar-refractivity contribution in [2.45, 2.75) is 38.8 Å². The summed E-state index contributed by atoms with van der Waals surface area (Å²) in [5.41, 5.74) is -0.113. The summed E-state index contributed by atoms with van der Waals surface area (Å²) in [6, 6.07) is 0. The van der Waals surface area contributed by atoms with Gasteiger partial charge in [0.2, 0.25) is 0 Å². The molecular formula is C13H26ClN3O2. The molecule has 2 aliphatic rings. The van der Waals surface area contributed by atoms with Crippen molar-refractivity contribution in [1.29, 1.82) is 0 Å². The molecule has 0 aromatic heterocycles. The predicted molar refractivity (Wildman–Crippen MR) is 77.9 cm³/mol. The fourth-order valence-corrected chi connectivity index (χ4v) is 2.47. The molecule has 1 N–H and O–H groups in total. The number of carbonyl (C=O) groups excluding carboxylic acids is 1. The SMILES string of the molecule is CC(C)(C)OC(=O)N1CCN(C2(C)CNC2)CC1.Cl. The first-order chi connectivity index (χ1) is 8.30. The van der Waals surface area contributed by atoms with E-state index in [0.717, 1.165) is 39.3 Å². The standard InChI is InChI=1S/C13H25N3O2.ClH/c1-12(2,3)18-11(17)15-5-7-16(8-6-15)13(4)9-14-10-13;/h14H,5-10H2,1-4H3;1H. The van der Waals surface area contributed by atoms with Gasteiger partial charge in [0.15, 0.2) is 0 Å². The second-order valence-electron chi connectivity index (χ2n) is 6.55. The minimum atomic E-state index is -0.405. The average molecular weight is 292 g/mol. The van der Waals surface area contributed by atoms with Crippen molar-refractivity contribution < 1.29 is 9.53 Å². The van der Waals surface area contributed by atoms with Crippen LogP contribution in [0, 0.1) is 0 Å². The molecule has 5 nitrogen and oxygen atoms in total. The van der Waals surface area contributed by atoms with E-state index in [4.69, 9.17) is 4.74 Å². The van der Waals surface area contributed by atoms with Crippen LogP contribution in [-0.2, 0) is 4.74 Å². The molecule has 6 heteroatoms. The molecule has 0 saturated carbocycles. The fraction of sp³-hybridized carbons (Fsp3) is 0.923. The Balaban J connectivity index is 0.00000180. The monoisotopic (exact) mass is 291 g/mol. The first-order valence-electron chi connectivity index (χ1n) is 6.74. The number of nitrogens with one attached hydrogen (secondary N) is 1. The van der Waals surface area contributed by atoms with Crippen molar-refractivity contribution in [1.82, 2.24) is 15.1 Å². The lowest BCUT2D eigenvalue weighted by Crippen LogP contribution is -2.70. The van der Waals surface area contributed by atoms with Crippen LogP contribution in [0.2, 0.25) is 0 Å². The summed E-state index contributed by atoms with van der Waals surface area (Å²) in [5, 5.41) is 3.32. The van der Waals surface area contributed by atoms with Crippen LogP contribution in [-0.4, -0.2) is 66.3 Å². The Morgan fingerprint density at radius 1 is 1.16 bits per heavy atom. The zero-order chi connectivity index (χ0) is 13.4. The molecule has 2 rings (SSSR count). The molecule has 0 atom stereocenters. The third-order valence-electron chi connectivity index (χ3n) is 3.71. The van der Waals surface area contributed by atoms with Crippen LogP contribution in [0.25, 0.3) is 0 Å². The van der Waals surface area contributed by atoms with E-state index in [1.807, 2.05) is 25.7 Å². The third kappa shape index (κ3) is 3.97. The van der Waals surface area contributed by atoms with Crippen LogP contribution in [0.5, 0.6) is 0 Å². The summed E-state index contributed by atoms with van der Waals surface area (Å²) < 4.78 is 5.39. The molecule has 0 unspecified atom stereocenters. The first-order valence-corrected chi connectivity index (χ1v) is 6.74. The maximum Gasteiger partial charge on any atom is 0.410 e. The topological polar surface area (TPSA) is 44.8 Å². The quantitative estimate of drug-likeness (QED) is 0.791. The van der Waals surface area contributed by atoms with Gasteiger partial charge in [0.1, 0.15) is 5.60 Å². The Kier molecular flexibility index (Phi) is 5.09. The summed E-state index contributed by atoms with van der Waals surface area (Å²) >= 11 is 0. The minimum Gasteiger partial charge on any atom is -0.444 e. The van der Waals surface area contributed by atoms with Gasteiger partial charge in [-0.1, -0.05) is 0 Å². The van der Waals surface area contributed by atoms with E-state index < -0.39 is 5.60 Å². The Morgan fingerprint density at radius 3 is 2.05 bits per heavy atom. The van der Waals surface area contributed by atoms with Crippen LogP contribution in [0.1, 0.15) is 27.7 Å². The van der Waals surface area contributed by atoms with Gasteiger partial charge in [-0.05, 0) is 27.7 Å². The molecular weight excluding hydrogens is 266 g/mol. The normalized spacial score (nSPS) is 23.3. The van der Waals surface area contributed by atoms with Crippen molar-refractivity contribution in [3.05, 3.63) is 0 Å². The highest BCUT2D eigenvalue weighted by Gasteiger charge is 2.39. The van der Waals surface area contributed by atoms with E-state index >= 15 is 0 Å². The molecule has 0 spiro atoms. The van der Waals surface area contributed by atoms with Gasteiger partial charge >= 0.3 is 6.09 Å². The molecule has 2 fully saturated rings. The molecule has 2 aliphatic heterocycles. The van der Waals surface area contributed by atoms with Crippen molar-refractivity contribution in [2.75, 3.05) is 39.3 Å². The number of ether oxygens (including phenoxy) is 1. The Morgan fingerprint density at radius 2 is 1.68 bits per heavy atom. The maximum atomic E-state index is 11.9. The van der Waals surface area contributed by atoms with Gasteiger partial charge in [-0.15, -0.1) is 12.4 Å². The lowest BCUT2D eigenvalue weighted by molar-refractivity contribution is -0.0124. The summed E-state index contributed by atoms with van der Waals surface area (Å²) in [6.45, 7) is 13.5. The highest BCUT2D eigenvalue weighted by atomic mass is 35.5. The molecule has 112 valence electrons.